The number of rotatable bonds is 2. The average molecular weight is 233 g/mol. The number of aromatic amines is 1. The summed E-state index contributed by atoms with van der Waals surface area (Å²) in [6.45, 7) is 1.84. The molecular weight excluding hydrogens is 222 g/mol. The molecule has 1 aliphatic carbocycles. The van der Waals surface area contributed by atoms with E-state index in [0.717, 1.165) is 17.0 Å². The fraction of sp³-hybridized carbons (Fsp3) is 0.364. The second-order valence-electron chi connectivity index (χ2n) is 4.25. The van der Waals surface area contributed by atoms with Crippen molar-refractivity contribution in [2.45, 2.75) is 25.7 Å². The third-order valence-corrected chi connectivity index (χ3v) is 3.04. The predicted molar refractivity (Wildman–Crippen MR) is 56.9 cm³/mol. The number of carboxylic acid groups (broad SMARTS) is 1. The number of nitrogens with zero attached hydrogens (tertiary/aromatic N) is 2. The normalized spacial score (nSPS) is 18.3. The number of oxazole rings is 1. The summed E-state index contributed by atoms with van der Waals surface area (Å²) >= 11 is 0. The van der Waals surface area contributed by atoms with Gasteiger partial charge in [0.2, 0.25) is 0 Å². The maximum Gasteiger partial charge on any atom is 0.356 e. The highest BCUT2D eigenvalue weighted by Gasteiger charge is 2.32. The molecule has 0 bridgehead atoms. The quantitative estimate of drug-likeness (QED) is 0.815. The first-order chi connectivity index (χ1) is 8.15. The van der Waals surface area contributed by atoms with Crippen molar-refractivity contribution >= 4 is 5.97 Å². The third-order valence-electron chi connectivity index (χ3n) is 3.04. The minimum atomic E-state index is -0.994. The molecule has 0 radical (unpaired) electrons. The molecule has 0 saturated carbocycles. The van der Waals surface area contributed by atoms with Gasteiger partial charge in [-0.05, 0) is 13.3 Å². The van der Waals surface area contributed by atoms with Gasteiger partial charge in [0.05, 0.1) is 6.20 Å². The molecule has 6 nitrogen and oxygen atoms in total. The molecule has 88 valence electrons. The lowest BCUT2D eigenvalue weighted by molar-refractivity contribution is 0.0689. The van der Waals surface area contributed by atoms with Crippen LogP contribution in [0.5, 0.6) is 0 Å². The Morgan fingerprint density at radius 2 is 2.41 bits per heavy atom. The van der Waals surface area contributed by atoms with Gasteiger partial charge in [-0.25, -0.2) is 9.78 Å². The zero-order chi connectivity index (χ0) is 12.0. The number of aromatic nitrogens is 3. The fourth-order valence-corrected chi connectivity index (χ4v) is 2.27. The van der Waals surface area contributed by atoms with Gasteiger partial charge < -0.3 is 9.52 Å². The Bertz CT molecular complexity index is 585. The molecule has 3 rings (SSSR count). The minimum absolute atomic E-state index is 0.116. The number of nitrogens with one attached hydrogen (secondary N) is 1. The van der Waals surface area contributed by atoms with Crippen molar-refractivity contribution in [3.63, 3.8) is 0 Å². The van der Waals surface area contributed by atoms with E-state index >= 15 is 0 Å². The zero-order valence-electron chi connectivity index (χ0n) is 9.23. The molecule has 0 spiro atoms. The lowest BCUT2D eigenvalue weighted by atomic mass is 10.1. The smallest absolute Gasteiger partial charge is 0.356 e. The highest BCUT2D eigenvalue weighted by atomic mass is 16.4. The molecule has 0 aromatic carbocycles. The molecule has 2 heterocycles. The summed E-state index contributed by atoms with van der Waals surface area (Å²) in [7, 11) is 0. The summed E-state index contributed by atoms with van der Waals surface area (Å²) in [6, 6.07) is 0. The van der Waals surface area contributed by atoms with Gasteiger partial charge in [0.1, 0.15) is 5.76 Å². The number of aromatic carboxylic acids is 1. The minimum Gasteiger partial charge on any atom is -0.476 e. The molecule has 6 heteroatoms. The van der Waals surface area contributed by atoms with Gasteiger partial charge in [-0.3, -0.25) is 5.10 Å². The van der Waals surface area contributed by atoms with Crippen molar-refractivity contribution in [1.82, 2.24) is 15.2 Å². The summed E-state index contributed by atoms with van der Waals surface area (Å²) in [5.74, 6) is 0.563. The van der Waals surface area contributed by atoms with Crippen LogP contribution >= 0.6 is 0 Å². The first-order valence-corrected chi connectivity index (χ1v) is 5.37. The number of aryl methyl sites for hydroxylation is 1. The molecule has 1 unspecified atom stereocenters. The molecule has 0 fully saturated rings. The van der Waals surface area contributed by atoms with Crippen LogP contribution in [-0.4, -0.2) is 26.3 Å². The molecule has 0 amide bonds. The number of fused-ring (bicyclic) bond motifs is 1. The monoisotopic (exact) mass is 233 g/mol. The number of carboxylic acids is 1. The summed E-state index contributed by atoms with van der Waals surface area (Å²) in [5.41, 5.74) is 1.77. The maximum absolute atomic E-state index is 10.9. The Hall–Kier alpha value is -2.11. The topological polar surface area (TPSA) is 92.0 Å². The second-order valence-corrected chi connectivity index (χ2v) is 4.25. The lowest BCUT2D eigenvalue weighted by Crippen LogP contribution is -2.04. The molecule has 2 N–H and O–H groups in total. The summed E-state index contributed by atoms with van der Waals surface area (Å²) in [6.07, 6.45) is 3.00. The first-order valence-electron chi connectivity index (χ1n) is 5.37. The number of carbonyl (C=O) groups is 1. The van der Waals surface area contributed by atoms with Crippen LogP contribution in [0, 0.1) is 6.92 Å². The Morgan fingerprint density at radius 3 is 3.06 bits per heavy atom. The van der Waals surface area contributed by atoms with E-state index in [2.05, 4.69) is 15.2 Å². The number of hydrogen-bond donors (Lipinski definition) is 2. The maximum atomic E-state index is 10.9. The van der Waals surface area contributed by atoms with Crippen molar-refractivity contribution < 1.29 is 14.3 Å². The molecule has 1 aliphatic rings. The van der Waals surface area contributed by atoms with Crippen molar-refractivity contribution in [3.8, 4) is 0 Å². The van der Waals surface area contributed by atoms with Gasteiger partial charge in [-0.2, -0.15) is 5.10 Å². The molecule has 1 atom stereocenters. The van der Waals surface area contributed by atoms with Gasteiger partial charge in [0, 0.05) is 23.6 Å². The predicted octanol–water partition coefficient (Wildman–Crippen LogP) is 1.29. The fourth-order valence-electron chi connectivity index (χ4n) is 2.27. The third kappa shape index (κ3) is 1.52. The Morgan fingerprint density at radius 1 is 1.59 bits per heavy atom. The van der Waals surface area contributed by atoms with Crippen molar-refractivity contribution in [3.05, 3.63) is 34.8 Å². The average Bonchev–Trinajstić information content (AvgIpc) is 2.89. The van der Waals surface area contributed by atoms with Crippen molar-refractivity contribution in [2.24, 2.45) is 0 Å². The SMILES string of the molecule is Cc1cnc(C2Cc3[nH]nc(C(=O)O)c3C2)o1. The second kappa shape index (κ2) is 3.44. The Balaban J connectivity index is 1.90. The van der Waals surface area contributed by atoms with E-state index in [-0.39, 0.29) is 11.6 Å². The van der Waals surface area contributed by atoms with E-state index in [1.807, 2.05) is 6.92 Å². The summed E-state index contributed by atoms with van der Waals surface area (Å²) < 4.78 is 5.48. The van der Waals surface area contributed by atoms with E-state index in [1.165, 1.54) is 0 Å². The summed E-state index contributed by atoms with van der Waals surface area (Å²) in [4.78, 5) is 15.1. The van der Waals surface area contributed by atoms with Crippen LogP contribution in [0.25, 0.3) is 0 Å². The largest absolute Gasteiger partial charge is 0.476 e. The van der Waals surface area contributed by atoms with Gasteiger partial charge in [0.25, 0.3) is 0 Å². The highest BCUT2D eigenvalue weighted by molar-refractivity contribution is 5.87. The molecule has 2 aromatic rings. The van der Waals surface area contributed by atoms with Gasteiger partial charge in [-0.1, -0.05) is 0 Å². The lowest BCUT2D eigenvalue weighted by Gasteiger charge is -2.03. The summed E-state index contributed by atoms with van der Waals surface area (Å²) in [5, 5.41) is 15.5. The number of H-pyrrole nitrogens is 1. The molecule has 17 heavy (non-hydrogen) atoms. The van der Waals surface area contributed by atoms with Gasteiger partial charge in [0.15, 0.2) is 11.6 Å². The Labute approximate surface area is 96.7 Å². The molecular formula is C11H11N3O3. The van der Waals surface area contributed by atoms with Crippen LogP contribution in [0.4, 0.5) is 0 Å². The molecule has 2 aromatic heterocycles. The molecule has 0 saturated heterocycles. The van der Waals surface area contributed by atoms with Crippen molar-refractivity contribution in [1.29, 1.82) is 0 Å². The zero-order valence-corrected chi connectivity index (χ0v) is 9.23. The van der Waals surface area contributed by atoms with Crippen LogP contribution < -0.4 is 0 Å². The standard InChI is InChI=1S/C11H11N3O3/c1-5-4-12-10(17-5)6-2-7-8(3-6)13-14-9(7)11(15)16/h4,6H,2-3H2,1H3,(H,13,14)(H,15,16). The van der Waals surface area contributed by atoms with Crippen molar-refractivity contribution in [2.75, 3.05) is 0 Å². The van der Waals surface area contributed by atoms with E-state index in [1.54, 1.807) is 6.20 Å². The van der Waals surface area contributed by atoms with Crippen LogP contribution in [0.1, 0.15) is 39.3 Å². The highest BCUT2D eigenvalue weighted by Crippen LogP contribution is 2.34. The number of hydrogen-bond acceptors (Lipinski definition) is 4. The van der Waals surface area contributed by atoms with Crippen LogP contribution in [0.15, 0.2) is 10.6 Å². The van der Waals surface area contributed by atoms with Gasteiger partial charge in [-0.15, -0.1) is 0 Å². The van der Waals surface area contributed by atoms with E-state index in [0.29, 0.717) is 18.7 Å². The van der Waals surface area contributed by atoms with E-state index in [4.69, 9.17) is 9.52 Å². The van der Waals surface area contributed by atoms with E-state index in [9.17, 15) is 4.79 Å². The van der Waals surface area contributed by atoms with E-state index < -0.39 is 5.97 Å². The van der Waals surface area contributed by atoms with Crippen LogP contribution in [-0.2, 0) is 12.8 Å². The molecule has 0 aliphatic heterocycles. The van der Waals surface area contributed by atoms with Gasteiger partial charge >= 0.3 is 5.97 Å². The van der Waals surface area contributed by atoms with Crippen LogP contribution in [0.3, 0.4) is 0 Å². The van der Waals surface area contributed by atoms with Crippen LogP contribution in [0.2, 0.25) is 0 Å². The first kappa shape index (κ1) is 10.1. The Kier molecular flexibility index (Phi) is 2.04.